The van der Waals surface area contributed by atoms with Crippen molar-refractivity contribution in [1.29, 1.82) is 0 Å². The third-order valence-corrected chi connectivity index (χ3v) is 1.61. The lowest BCUT2D eigenvalue weighted by atomic mass is 10.2. The number of carbonyl (C=O) groups is 1. The summed E-state index contributed by atoms with van der Waals surface area (Å²) in [6.07, 6.45) is -0.616. The highest BCUT2D eigenvalue weighted by Gasteiger charge is 2.03. The van der Waals surface area contributed by atoms with Crippen LogP contribution in [0.4, 0.5) is 13.6 Å². The fraction of sp³-hybridized carbons (Fsp3) is 0.222. The van der Waals surface area contributed by atoms with E-state index >= 15 is 0 Å². The minimum Gasteiger partial charge on any atom is -0.453 e. The molecule has 0 aliphatic rings. The number of methoxy groups -OCH3 is 1. The van der Waals surface area contributed by atoms with Gasteiger partial charge >= 0.3 is 6.09 Å². The molecule has 0 saturated heterocycles. The number of benzene rings is 1. The molecule has 0 atom stereocenters. The van der Waals surface area contributed by atoms with E-state index < -0.39 is 17.7 Å². The topological polar surface area (TPSA) is 38.3 Å². The van der Waals surface area contributed by atoms with Crippen LogP contribution in [0.3, 0.4) is 0 Å². The van der Waals surface area contributed by atoms with Gasteiger partial charge in [-0.15, -0.1) is 0 Å². The van der Waals surface area contributed by atoms with Crippen LogP contribution in [-0.2, 0) is 11.3 Å². The molecule has 0 saturated carbocycles. The Labute approximate surface area is 79.7 Å². The van der Waals surface area contributed by atoms with Crippen molar-refractivity contribution in [2.24, 2.45) is 0 Å². The van der Waals surface area contributed by atoms with E-state index in [0.29, 0.717) is 5.56 Å². The van der Waals surface area contributed by atoms with Crippen LogP contribution in [-0.4, -0.2) is 13.2 Å². The third kappa shape index (κ3) is 2.69. The van der Waals surface area contributed by atoms with Crippen molar-refractivity contribution < 1.29 is 18.3 Å². The number of carbonyl (C=O) groups excluding carboxylic acids is 1. The SMILES string of the molecule is COC(=O)NCc1ccc(F)c(F)c1. The van der Waals surface area contributed by atoms with Crippen LogP contribution in [0.25, 0.3) is 0 Å². The Morgan fingerprint density at radius 1 is 1.43 bits per heavy atom. The zero-order valence-electron chi connectivity index (χ0n) is 7.51. The first-order valence-corrected chi connectivity index (χ1v) is 3.89. The number of nitrogens with one attached hydrogen (secondary N) is 1. The predicted molar refractivity (Wildman–Crippen MR) is 45.6 cm³/mol. The first-order chi connectivity index (χ1) is 6.63. The Hall–Kier alpha value is -1.65. The van der Waals surface area contributed by atoms with Crippen molar-refractivity contribution in [3.05, 3.63) is 35.4 Å². The molecule has 0 fully saturated rings. The van der Waals surface area contributed by atoms with Crippen molar-refractivity contribution in [1.82, 2.24) is 5.32 Å². The minimum absolute atomic E-state index is 0.101. The van der Waals surface area contributed by atoms with Gasteiger partial charge in [0.1, 0.15) is 0 Å². The summed E-state index contributed by atoms with van der Waals surface area (Å²) in [4.78, 5) is 10.6. The molecule has 0 aliphatic heterocycles. The molecule has 1 aromatic rings. The molecule has 0 spiro atoms. The van der Waals surface area contributed by atoms with Crippen molar-refractivity contribution in [2.45, 2.75) is 6.54 Å². The van der Waals surface area contributed by atoms with E-state index in [1.54, 1.807) is 0 Å². The van der Waals surface area contributed by atoms with Gasteiger partial charge in [-0.25, -0.2) is 13.6 Å². The number of amides is 1. The second kappa shape index (κ2) is 4.55. The maximum absolute atomic E-state index is 12.7. The van der Waals surface area contributed by atoms with Crippen molar-refractivity contribution in [3.63, 3.8) is 0 Å². The number of hydrogen-bond donors (Lipinski definition) is 1. The van der Waals surface area contributed by atoms with Gasteiger partial charge in [0, 0.05) is 6.54 Å². The first-order valence-electron chi connectivity index (χ1n) is 3.89. The molecule has 0 radical (unpaired) electrons. The van der Waals surface area contributed by atoms with Gasteiger partial charge in [-0.05, 0) is 17.7 Å². The third-order valence-electron chi connectivity index (χ3n) is 1.61. The fourth-order valence-corrected chi connectivity index (χ4v) is 0.896. The van der Waals surface area contributed by atoms with Crippen LogP contribution in [0.1, 0.15) is 5.56 Å². The van der Waals surface area contributed by atoms with Crippen LogP contribution in [0.2, 0.25) is 0 Å². The van der Waals surface area contributed by atoms with Gasteiger partial charge < -0.3 is 10.1 Å². The van der Waals surface area contributed by atoms with E-state index in [0.717, 1.165) is 12.1 Å². The minimum atomic E-state index is -0.936. The highest BCUT2D eigenvalue weighted by molar-refractivity contribution is 5.66. The Bertz CT molecular complexity index is 342. The van der Waals surface area contributed by atoms with Gasteiger partial charge in [-0.2, -0.15) is 0 Å². The lowest BCUT2D eigenvalue weighted by Crippen LogP contribution is -2.22. The number of rotatable bonds is 2. The number of ether oxygens (including phenoxy) is 1. The van der Waals surface area contributed by atoms with Gasteiger partial charge in [0.15, 0.2) is 11.6 Å². The van der Waals surface area contributed by atoms with Gasteiger partial charge in [-0.1, -0.05) is 6.07 Å². The van der Waals surface area contributed by atoms with Crippen LogP contribution in [0.15, 0.2) is 18.2 Å². The summed E-state index contributed by atoms with van der Waals surface area (Å²) in [6.45, 7) is 0.101. The molecule has 1 aromatic carbocycles. The smallest absolute Gasteiger partial charge is 0.407 e. The van der Waals surface area contributed by atoms with E-state index in [4.69, 9.17) is 0 Å². The summed E-state index contributed by atoms with van der Waals surface area (Å²) >= 11 is 0. The number of alkyl carbamates (subject to hydrolysis) is 1. The summed E-state index contributed by atoms with van der Waals surface area (Å²) < 4.78 is 29.5. The van der Waals surface area contributed by atoms with Crippen LogP contribution < -0.4 is 5.32 Å². The Balaban J connectivity index is 2.60. The lowest BCUT2D eigenvalue weighted by molar-refractivity contribution is 0.170. The van der Waals surface area contributed by atoms with Crippen molar-refractivity contribution >= 4 is 6.09 Å². The molecule has 0 aromatic heterocycles. The molecule has 1 rings (SSSR count). The van der Waals surface area contributed by atoms with E-state index in [2.05, 4.69) is 10.1 Å². The first kappa shape index (κ1) is 10.4. The molecule has 76 valence electrons. The molecule has 1 N–H and O–H groups in total. The van der Waals surface area contributed by atoms with Crippen LogP contribution in [0.5, 0.6) is 0 Å². The number of hydrogen-bond acceptors (Lipinski definition) is 2. The van der Waals surface area contributed by atoms with Gasteiger partial charge in [0.05, 0.1) is 7.11 Å². The monoisotopic (exact) mass is 201 g/mol. The largest absolute Gasteiger partial charge is 0.453 e. The lowest BCUT2D eigenvalue weighted by Gasteiger charge is -2.03. The van der Waals surface area contributed by atoms with Gasteiger partial charge in [-0.3, -0.25) is 0 Å². The average Bonchev–Trinajstić information content (AvgIpc) is 2.19. The zero-order valence-corrected chi connectivity index (χ0v) is 7.51. The molecule has 0 bridgehead atoms. The number of halogens is 2. The van der Waals surface area contributed by atoms with E-state index in [1.807, 2.05) is 0 Å². The Morgan fingerprint density at radius 3 is 2.71 bits per heavy atom. The zero-order chi connectivity index (χ0) is 10.6. The van der Waals surface area contributed by atoms with Crippen LogP contribution in [0, 0.1) is 11.6 Å². The van der Waals surface area contributed by atoms with Crippen molar-refractivity contribution in [2.75, 3.05) is 7.11 Å². The second-order valence-corrected chi connectivity index (χ2v) is 2.59. The molecular weight excluding hydrogens is 192 g/mol. The summed E-state index contributed by atoms with van der Waals surface area (Å²) in [7, 11) is 1.22. The average molecular weight is 201 g/mol. The second-order valence-electron chi connectivity index (χ2n) is 2.59. The normalized spacial score (nSPS) is 9.64. The van der Waals surface area contributed by atoms with E-state index in [9.17, 15) is 13.6 Å². The maximum Gasteiger partial charge on any atom is 0.407 e. The fourth-order valence-electron chi connectivity index (χ4n) is 0.896. The molecule has 3 nitrogen and oxygen atoms in total. The quantitative estimate of drug-likeness (QED) is 0.792. The van der Waals surface area contributed by atoms with E-state index in [-0.39, 0.29) is 6.54 Å². The molecular formula is C9H9F2NO2. The molecule has 0 aliphatic carbocycles. The van der Waals surface area contributed by atoms with Crippen molar-refractivity contribution in [3.8, 4) is 0 Å². The van der Waals surface area contributed by atoms with Gasteiger partial charge in [0.2, 0.25) is 0 Å². The summed E-state index contributed by atoms with van der Waals surface area (Å²) in [6, 6.07) is 3.41. The molecule has 1 amide bonds. The Kier molecular flexibility index (Phi) is 3.39. The maximum atomic E-state index is 12.7. The summed E-state index contributed by atoms with van der Waals surface area (Å²) in [5, 5.41) is 2.35. The van der Waals surface area contributed by atoms with Crippen LogP contribution >= 0.6 is 0 Å². The van der Waals surface area contributed by atoms with Gasteiger partial charge in [0.25, 0.3) is 0 Å². The summed E-state index contributed by atoms with van der Waals surface area (Å²) in [5.41, 5.74) is 0.467. The molecule has 0 unspecified atom stereocenters. The Morgan fingerprint density at radius 2 is 2.14 bits per heavy atom. The highest BCUT2D eigenvalue weighted by atomic mass is 19.2. The predicted octanol–water partition coefficient (Wildman–Crippen LogP) is 1.82. The molecule has 5 heteroatoms. The highest BCUT2D eigenvalue weighted by Crippen LogP contribution is 2.08. The van der Waals surface area contributed by atoms with E-state index in [1.165, 1.54) is 13.2 Å². The molecule has 14 heavy (non-hydrogen) atoms. The molecule has 0 heterocycles. The summed E-state index contributed by atoms with van der Waals surface area (Å²) in [5.74, 6) is -1.85. The standard InChI is InChI=1S/C9H9F2NO2/c1-14-9(13)12-5-6-2-3-7(10)8(11)4-6/h2-4H,5H2,1H3,(H,12,13).